The zero-order valence-electron chi connectivity index (χ0n) is 57.2. The second kappa shape index (κ2) is 32.5. The summed E-state index contributed by atoms with van der Waals surface area (Å²) in [5.74, 6) is -0.602. The lowest BCUT2D eigenvalue weighted by atomic mass is 10.2. The van der Waals surface area contributed by atoms with Crippen LogP contribution in [0.3, 0.4) is 0 Å². The Morgan fingerprint density at radius 3 is 1.19 bits per heavy atom. The number of pyridine rings is 4. The van der Waals surface area contributed by atoms with Crippen molar-refractivity contribution >= 4 is 41.5 Å². The molecule has 97 heavy (non-hydrogen) atoms. The molecule has 0 atom stereocenters. The molecule has 6 N–H and O–H groups in total. The number of methoxy groups -OCH3 is 3. The Kier molecular flexibility index (Phi) is 25.3. The second-order valence-electron chi connectivity index (χ2n) is 22.2. The number of aromatic nitrogens is 14. The third kappa shape index (κ3) is 18.1. The molecule has 514 valence electrons. The number of amides is 1. The van der Waals surface area contributed by atoms with E-state index in [1.165, 1.54) is 94.5 Å². The standard InChI is InChI=1S/C16H22N4O3.C13H15N3O3.2C12H13N3O3.C7H6O4.C5H9N3/c1-10-11(2)19(6)18-13(10)20-9-7-8-12(14(20)21)17-15(22)23-16(3,4)5;1-8-9(2)15(3)14-11(8)16-7-5-6-10(12(16)17)13(18)19-4;1-7-8(2)14(3)13-10(7)15-6-4-5-9(11(15)16)12(17)18;1-7-8(2)13-14-10(7)15-6-4-5-9(11(15)16)12(17)18-3;1-10-6(8)5-3-2-4-11-7(5)9;1-3-4(2)7-8-5(3)6/h7-9H,1-6H3,(H,17,22);5-7H,1-4H3;4-6H,1-3H3,(H,17,18);4-6H,1-3H3,(H,13,14);2-4H,1H3;1-2H3,(H3,6,7,8). The summed E-state index contributed by atoms with van der Waals surface area (Å²) < 4.78 is 33.5. The number of carboxylic acid groups (broad SMARTS) is 1. The lowest BCUT2D eigenvalue weighted by molar-refractivity contribution is 0.0587. The van der Waals surface area contributed by atoms with Gasteiger partial charge in [-0.2, -0.15) is 25.5 Å². The average molecular weight is 1340 g/mol. The molecule has 1 amide bonds. The van der Waals surface area contributed by atoms with Crippen LogP contribution in [0.25, 0.3) is 23.3 Å². The number of H-pyrrole nitrogens is 2. The Morgan fingerprint density at radius 1 is 0.495 bits per heavy atom. The van der Waals surface area contributed by atoms with E-state index in [9.17, 15) is 47.9 Å². The number of aromatic amines is 2. The van der Waals surface area contributed by atoms with E-state index in [-0.39, 0.29) is 33.5 Å². The Balaban J connectivity index is 0.000000215. The summed E-state index contributed by atoms with van der Waals surface area (Å²) in [5.41, 5.74) is 11.4. The molecule has 0 saturated carbocycles. The molecule has 0 aliphatic rings. The number of nitrogen functional groups attached to an aromatic ring is 1. The zero-order chi connectivity index (χ0) is 72.7. The molecular weight excluding hydrogens is 1260 g/mol. The smallest absolute Gasteiger partial charge is 0.412 e. The molecular formula is C65H78N16O16. The van der Waals surface area contributed by atoms with Crippen molar-refractivity contribution < 1.29 is 52.4 Å². The molecule has 10 aromatic heterocycles. The van der Waals surface area contributed by atoms with Gasteiger partial charge in [0.15, 0.2) is 23.3 Å². The average Bonchev–Trinajstić information content (AvgIpc) is 1.73. The predicted molar refractivity (Wildman–Crippen MR) is 357 cm³/mol. The van der Waals surface area contributed by atoms with Crippen LogP contribution < -0.4 is 38.9 Å². The first-order valence-corrected chi connectivity index (χ1v) is 29.3. The monoisotopic (exact) mass is 1340 g/mol. The van der Waals surface area contributed by atoms with E-state index in [0.717, 1.165) is 56.3 Å². The molecule has 10 aromatic rings. The number of carbonyl (C=O) groups is 5. The molecule has 0 aromatic carbocycles. The third-order valence-electron chi connectivity index (χ3n) is 14.9. The van der Waals surface area contributed by atoms with Crippen molar-refractivity contribution in [3.05, 3.63) is 222 Å². The summed E-state index contributed by atoms with van der Waals surface area (Å²) in [6.07, 6.45) is 6.83. The third-order valence-corrected chi connectivity index (χ3v) is 14.9. The minimum atomic E-state index is -1.24. The van der Waals surface area contributed by atoms with Gasteiger partial charge in [-0.15, -0.1) is 0 Å². The van der Waals surface area contributed by atoms with E-state index in [1.54, 1.807) is 85.7 Å². The first kappa shape index (κ1) is 75.5. The van der Waals surface area contributed by atoms with Gasteiger partial charge < -0.3 is 34.2 Å². The highest BCUT2D eigenvalue weighted by Gasteiger charge is 2.22. The van der Waals surface area contributed by atoms with Gasteiger partial charge in [0.1, 0.15) is 39.4 Å². The molecule has 0 aliphatic carbocycles. The van der Waals surface area contributed by atoms with Gasteiger partial charge in [-0.3, -0.25) is 67.0 Å². The number of hydrogen-bond acceptors (Lipinski definition) is 21. The lowest BCUT2D eigenvalue weighted by Gasteiger charge is -2.19. The Bertz CT molecular complexity index is 4830. The lowest BCUT2D eigenvalue weighted by Crippen LogP contribution is -2.30. The van der Waals surface area contributed by atoms with Crippen molar-refractivity contribution in [2.24, 2.45) is 21.1 Å². The van der Waals surface area contributed by atoms with E-state index < -0.39 is 57.9 Å². The number of ether oxygens (including phenoxy) is 4. The van der Waals surface area contributed by atoms with Crippen LogP contribution in [0.5, 0.6) is 0 Å². The van der Waals surface area contributed by atoms with Gasteiger partial charge in [-0.05, 0) is 151 Å². The van der Waals surface area contributed by atoms with Crippen molar-refractivity contribution in [1.29, 1.82) is 0 Å². The van der Waals surface area contributed by atoms with E-state index in [0.29, 0.717) is 29.1 Å². The maximum Gasteiger partial charge on any atom is 0.412 e. The number of nitrogens with one attached hydrogen (secondary N) is 3. The van der Waals surface area contributed by atoms with Crippen LogP contribution >= 0.6 is 0 Å². The second-order valence-corrected chi connectivity index (χ2v) is 22.2. The number of anilines is 2. The summed E-state index contributed by atoms with van der Waals surface area (Å²) in [7, 11) is 9.09. The molecule has 0 aliphatic heterocycles. The quantitative estimate of drug-likeness (QED) is 0.0771. The van der Waals surface area contributed by atoms with Gasteiger partial charge in [0.25, 0.3) is 22.2 Å². The summed E-state index contributed by atoms with van der Waals surface area (Å²) in [5, 5.41) is 37.7. The van der Waals surface area contributed by atoms with Gasteiger partial charge in [-0.1, -0.05) is 0 Å². The number of aromatic carboxylic acids is 1. The van der Waals surface area contributed by atoms with Crippen LogP contribution in [0.4, 0.5) is 16.3 Å². The number of hydrogen-bond donors (Lipinski definition) is 5. The molecule has 32 nitrogen and oxygen atoms in total. The molecule has 10 rings (SSSR count). The van der Waals surface area contributed by atoms with Crippen molar-refractivity contribution in [2.45, 2.75) is 95.6 Å². The molecule has 32 heteroatoms. The van der Waals surface area contributed by atoms with Crippen LogP contribution in [0.2, 0.25) is 0 Å². The van der Waals surface area contributed by atoms with Crippen LogP contribution in [-0.2, 0) is 40.1 Å². The number of esters is 3. The molecule has 0 fully saturated rings. The number of aryl methyl sites for hydroxylation is 5. The first-order valence-electron chi connectivity index (χ1n) is 29.3. The number of carboxylic acids is 1. The molecule has 10 heterocycles. The summed E-state index contributed by atoms with van der Waals surface area (Å²) in [6, 6.07) is 14.9. The van der Waals surface area contributed by atoms with E-state index >= 15 is 0 Å². The Hall–Kier alpha value is -12.3. The first-order chi connectivity index (χ1) is 45.5. The van der Waals surface area contributed by atoms with Gasteiger partial charge >= 0.3 is 35.6 Å². The Labute approximate surface area is 554 Å². The maximum atomic E-state index is 12.6. The van der Waals surface area contributed by atoms with Crippen LogP contribution in [0.15, 0.2) is 120 Å². The molecule has 0 saturated heterocycles. The van der Waals surface area contributed by atoms with Gasteiger partial charge in [-0.25, -0.2) is 28.8 Å². The normalized spacial score (nSPS) is 10.5. The predicted octanol–water partition coefficient (Wildman–Crippen LogP) is 6.39. The Morgan fingerprint density at radius 2 is 0.856 bits per heavy atom. The SMILES string of the molecule is COC(=O)c1cccn(-c2n[nH]c(C)c2C)c1=O.COC(=O)c1cccn(-c2nn(C)c(C)c2C)c1=O.COC(=O)c1cccoc1=O.Cc1[nH]nc(N)c1C.Cc1c(-n2cccc(C(=O)O)c2=O)nn(C)c1C.Cc1c(-n2cccc(NC(=O)OC(C)(C)C)c2=O)nn(C)c1C. The fourth-order valence-corrected chi connectivity index (χ4v) is 8.46. The minimum absolute atomic E-state index is 0.00675. The van der Waals surface area contributed by atoms with Crippen molar-refractivity contribution in [2.75, 3.05) is 32.4 Å². The zero-order valence-corrected chi connectivity index (χ0v) is 57.2. The fraction of sp³-hybridized carbons (Fsp3) is 0.308. The number of nitrogens with zero attached hydrogens (tertiary/aromatic N) is 12. The summed E-state index contributed by atoms with van der Waals surface area (Å²) in [6.45, 7) is 24.2. The van der Waals surface area contributed by atoms with Gasteiger partial charge in [0, 0.05) is 102 Å². The van der Waals surface area contributed by atoms with Crippen molar-refractivity contribution in [3.63, 3.8) is 0 Å². The van der Waals surface area contributed by atoms with E-state index in [4.69, 9.17) is 15.6 Å². The van der Waals surface area contributed by atoms with Gasteiger partial charge in [0.2, 0.25) is 0 Å². The number of nitrogens with two attached hydrogens (primary N) is 1. The topological polar surface area (TPSA) is 410 Å². The van der Waals surface area contributed by atoms with Crippen LogP contribution in [0, 0.1) is 69.2 Å². The van der Waals surface area contributed by atoms with Crippen LogP contribution in [0.1, 0.15) is 118 Å². The minimum Gasteiger partial charge on any atom is -0.477 e. The highest BCUT2D eigenvalue weighted by molar-refractivity contribution is 5.90. The van der Waals surface area contributed by atoms with E-state index in [1.807, 2.05) is 76.3 Å². The van der Waals surface area contributed by atoms with E-state index in [2.05, 4.69) is 59.6 Å². The highest BCUT2D eigenvalue weighted by Crippen LogP contribution is 2.19. The van der Waals surface area contributed by atoms with Crippen LogP contribution in [-0.4, -0.2) is 130 Å². The fourth-order valence-electron chi connectivity index (χ4n) is 8.46. The largest absolute Gasteiger partial charge is 0.477 e. The maximum absolute atomic E-state index is 12.6. The molecule has 0 unspecified atom stereocenters. The summed E-state index contributed by atoms with van der Waals surface area (Å²) >= 11 is 0. The molecule has 0 spiro atoms. The molecule has 0 radical (unpaired) electrons. The molecule has 0 bridgehead atoms. The van der Waals surface area contributed by atoms with Crippen molar-refractivity contribution in [1.82, 2.24) is 68.0 Å². The highest BCUT2D eigenvalue weighted by atomic mass is 16.6. The number of rotatable bonds is 9. The van der Waals surface area contributed by atoms with Gasteiger partial charge in [0.05, 0.1) is 27.6 Å². The number of carbonyl (C=O) groups excluding carboxylic acids is 4. The van der Waals surface area contributed by atoms with Crippen molar-refractivity contribution in [3.8, 4) is 23.3 Å². The summed E-state index contributed by atoms with van der Waals surface area (Å²) in [4.78, 5) is 116.